The molecule has 0 fully saturated rings. The molecule has 0 bridgehead atoms. The number of aromatic amines is 1. The van der Waals surface area contributed by atoms with E-state index in [0.29, 0.717) is 18.1 Å². The molecule has 3 aromatic rings. The van der Waals surface area contributed by atoms with Gasteiger partial charge in [-0.1, -0.05) is 24.3 Å². The molecule has 0 aliphatic rings. The summed E-state index contributed by atoms with van der Waals surface area (Å²) >= 11 is 0. The van der Waals surface area contributed by atoms with Gasteiger partial charge < -0.3 is 9.47 Å². The fourth-order valence-corrected chi connectivity index (χ4v) is 2.34. The number of aromatic nitrogens is 3. The summed E-state index contributed by atoms with van der Waals surface area (Å²) in [6.07, 6.45) is 2.65. The second kappa shape index (κ2) is 8.61. The Morgan fingerprint density at radius 2 is 2.07 bits per heavy atom. The maximum atomic E-state index is 11.1. The van der Waals surface area contributed by atoms with E-state index in [0.717, 1.165) is 17.3 Å². The molecular formula is C19H19N5O3. The van der Waals surface area contributed by atoms with Gasteiger partial charge in [-0.3, -0.25) is 9.78 Å². The van der Waals surface area contributed by atoms with Crippen LogP contribution in [0.5, 0.6) is 11.5 Å². The largest absolute Gasteiger partial charge is 0.493 e. The Morgan fingerprint density at radius 3 is 2.85 bits per heavy atom. The van der Waals surface area contributed by atoms with Gasteiger partial charge in [0.25, 0.3) is 5.56 Å². The van der Waals surface area contributed by atoms with Crippen LogP contribution in [0.2, 0.25) is 0 Å². The number of hydrogen-bond donors (Lipinski definition) is 2. The molecule has 0 saturated carbocycles. The van der Waals surface area contributed by atoms with Crippen LogP contribution in [0, 0.1) is 6.92 Å². The van der Waals surface area contributed by atoms with E-state index in [1.807, 2.05) is 43.3 Å². The average Bonchev–Trinajstić information content (AvgIpc) is 2.68. The number of ether oxygens (including phenoxy) is 2. The lowest BCUT2D eigenvalue weighted by Gasteiger charge is -2.12. The van der Waals surface area contributed by atoms with Gasteiger partial charge in [0.1, 0.15) is 12.8 Å². The van der Waals surface area contributed by atoms with Crippen molar-refractivity contribution < 1.29 is 9.47 Å². The molecule has 0 radical (unpaired) electrons. The first-order chi connectivity index (χ1) is 13.2. The summed E-state index contributed by atoms with van der Waals surface area (Å²) in [4.78, 5) is 13.6. The van der Waals surface area contributed by atoms with Crippen LogP contribution in [-0.4, -0.2) is 28.5 Å². The molecule has 0 unspecified atom stereocenters. The van der Waals surface area contributed by atoms with E-state index in [9.17, 15) is 4.79 Å². The van der Waals surface area contributed by atoms with Crippen molar-refractivity contribution in [1.82, 2.24) is 15.2 Å². The van der Waals surface area contributed by atoms with E-state index in [1.165, 1.54) is 5.56 Å². The summed E-state index contributed by atoms with van der Waals surface area (Å²) in [6.45, 7) is 2.50. The second-order valence-electron chi connectivity index (χ2n) is 5.68. The van der Waals surface area contributed by atoms with Gasteiger partial charge in [-0.15, -0.1) is 10.2 Å². The van der Waals surface area contributed by atoms with Gasteiger partial charge in [0.15, 0.2) is 11.5 Å². The lowest BCUT2D eigenvalue weighted by atomic mass is 10.1. The van der Waals surface area contributed by atoms with Crippen molar-refractivity contribution in [2.24, 2.45) is 5.10 Å². The molecule has 0 amide bonds. The first kappa shape index (κ1) is 18.1. The third-order valence-electron chi connectivity index (χ3n) is 3.79. The van der Waals surface area contributed by atoms with Crippen molar-refractivity contribution in [1.29, 1.82) is 0 Å². The summed E-state index contributed by atoms with van der Waals surface area (Å²) in [5.41, 5.74) is 5.32. The number of rotatable bonds is 7. The summed E-state index contributed by atoms with van der Waals surface area (Å²) < 4.78 is 11.3. The minimum absolute atomic E-state index is 0.156. The van der Waals surface area contributed by atoms with Crippen molar-refractivity contribution in [3.63, 3.8) is 0 Å². The number of benzene rings is 2. The van der Waals surface area contributed by atoms with Gasteiger partial charge in [0.05, 0.1) is 13.3 Å². The summed E-state index contributed by atoms with van der Waals surface area (Å²) in [6, 6.07) is 13.5. The Bertz CT molecular complexity index is 1000. The molecule has 8 heteroatoms. The number of hydrazone groups is 1. The van der Waals surface area contributed by atoms with Crippen LogP contribution in [0.1, 0.15) is 16.7 Å². The van der Waals surface area contributed by atoms with Crippen LogP contribution in [0.3, 0.4) is 0 Å². The Hall–Kier alpha value is -3.68. The molecule has 3 rings (SSSR count). The zero-order chi connectivity index (χ0) is 19.1. The monoisotopic (exact) mass is 365 g/mol. The van der Waals surface area contributed by atoms with Crippen molar-refractivity contribution in [3.8, 4) is 11.5 Å². The number of nitrogens with one attached hydrogen (secondary N) is 2. The molecule has 2 N–H and O–H groups in total. The highest BCUT2D eigenvalue weighted by Gasteiger charge is 2.06. The van der Waals surface area contributed by atoms with Crippen LogP contribution in [0.15, 0.2) is 58.6 Å². The van der Waals surface area contributed by atoms with Crippen LogP contribution in [0.25, 0.3) is 0 Å². The molecule has 2 aromatic carbocycles. The number of nitrogens with zero attached hydrogens (tertiary/aromatic N) is 3. The Balaban J connectivity index is 1.67. The van der Waals surface area contributed by atoms with Gasteiger partial charge >= 0.3 is 0 Å². The van der Waals surface area contributed by atoms with Crippen LogP contribution >= 0.6 is 0 Å². The number of anilines is 1. The normalized spacial score (nSPS) is 10.7. The minimum atomic E-state index is -0.362. The van der Waals surface area contributed by atoms with E-state index in [4.69, 9.17) is 9.47 Å². The molecule has 1 heterocycles. The van der Waals surface area contributed by atoms with E-state index in [-0.39, 0.29) is 11.5 Å². The molecule has 0 saturated heterocycles. The van der Waals surface area contributed by atoms with Crippen LogP contribution in [0.4, 0.5) is 5.95 Å². The van der Waals surface area contributed by atoms with Gasteiger partial charge in [-0.2, -0.15) is 5.10 Å². The van der Waals surface area contributed by atoms with Gasteiger partial charge in [0.2, 0.25) is 5.95 Å². The highest BCUT2D eigenvalue weighted by atomic mass is 16.5. The predicted molar refractivity (Wildman–Crippen MR) is 102 cm³/mol. The Labute approximate surface area is 155 Å². The number of hydrogen-bond acceptors (Lipinski definition) is 7. The molecule has 0 aliphatic carbocycles. The lowest BCUT2D eigenvalue weighted by molar-refractivity contribution is 0.284. The number of aryl methyl sites for hydroxylation is 1. The molecule has 27 heavy (non-hydrogen) atoms. The third-order valence-corrected chi connectivity index (χ3v) is 3.79. The first-order valence-electron chi connectivity index (χ1n) is 8.22. The molecule has 1 aromatic heterocycles. The van der Waals surface area contributed by atoms with Gasteiger partial charge in [0, 0.05) is 0 Å². The molecule has 138 valence electrons. The molecule has 0 spiro atoms. The zero-order valence-electron chi connectivity index (χ0n) is 15.0. The van der Waals surface area contributed by atoms with Crippen molar-refractivity contribution in [2.75, 3.05) is 12.5 Å². The van der Waals surface area contributed by atoms with Crippen molar-refractivity contribution in [3.05, 3.63) is 75.7 Å². The highest BCUT2D eigenvalue weighted by molar-refractivity contribution is 5.81. The Morgan fingerprint density at radius 1 is 1.22 bits per heavy atom. The highest BCUT2D eigenvalue weighted by Crippen LogP contribution is 2.28. The summed E-state index contributed by atoms with van der Waals surface area (Å²) in [7, 11) is 1.58. The minimum Gasteiger partial charge on any atom is -0.493 e. The zero-order valence-corrected chi connectivity index (χ0v) is 15.0. The fraction of sp³-hybridized carbons (Fsp3) is 0.158. The van der Waals surface area contributed by atoms with Crippen molar-refractivity contribution >= 4 is 12.2 Å². The van der Waals surface area contributed by atoms with Crippen molar-refractivity contribution in [2.45, 2.75) is 13.5 Å². The maximum Gasteiger partial charge on any atom is 0.271 e. The smallest absolute Gasteiger partial charge is 0.271 e. The summed E-state index contributed by atoms with van der Waals surface area (Å²) in [5.74, 6) is 1.40. The average molecular weight is 365 g/mol. The molecule has 0 aliphatic heterocycles. The standard InChI is InChI=1S/C19H19N5O3/c1-13-5-3-4-6-15(13)12-27-16-8-7-14(9-17(16)26-2)10-20-23-19-22-18(25)11-21-24-19/h3-11H,12H2,1-2H3,(H2,22,23,24,25)/b20-10+. The SMILES string of the molecule is COc1cc(/C=N/Nc2nncc(=O)[nH]2)ccc1OCc1ccccc1C. The third kappa shape index (κ3) is 4.91. The van der Waals surface area contributed by atoms with Crippen LogP contribution < -0.4 is 20.5 Å². The van der Waals surface area contributed by atoms with E-state index in [1.54, 1.807) is 19.4 Å². The van der Waals surface area contributed by atoms with Crippen LogP contribution in [-0.2, 0) is 6.61 Å². The number of H-pyrrole nitrogens is 1. The van der Waals surface area contributed by atoms with Gasteiger partial charge in [-0.05, 0) is 41.8 Å². The molecular weight excluding hydrogens is 346 g/mol. The van der Waals surface area contributed by atoms with E-state index in [2.05, 4.69) is 25.7 Å². The predicted octanol–water partition coefficient (Wildman–Crippen LogP) is 2.51. The molecule has 0 atom stereocenters. The fourth-order valence-electron chi connectivity index (χ4n) is 2.34. The van der Waals surface area contributed by atoms with E-state index >= 15 is 0 Å². The lowest BCUT2D eigenvalue weighted by Crippen LogP contribution is -2.10. The maximum absolute atomic E-state index is 11.1. The first-order valence-corrected chi connectivity index (χ1v) is 8.22. The Kier molecular flexibility index (Phi) is 5.78. The topological polar surface area (TPSA) is 101 Å². The summed E-state index contributed by atoms with van der Waals surface area (Å²) in [5, 5.41) is 11.3. The quantitative estimate of drug-likeness (QED) is 0.493. The second-order valence-corrected chi connectivity index (χ2v) is 5.68. The van der Waals surface area contributed by atoms with Gasteiger partial charge in [-0.25, -0.2) is 5.43 Å². The number of methoxy groups -OCH3 is 1. The van der Waals surface area contributed by atoms with E-state index < -0.39 is 0 Å². The molecule has 8 nitrogen and oxygen atoms in total.